The molecule has 0 amide bonds. The van der Waals surface area contributed by atoms with Crippen molar-refractivity contribution in [1.29, 1.82) is 0 Å². The van der Waals surface area contributed by atoms with E-state index < -0.39 is 44.7 Å². The van der Waals surface area contributed by atoms with Gasteiger partial charge in [-0.3, -0.25) is 20.2 Å². The van der Waals surface area contributed by atoms with Gasteiger partial charge in [0.2, 0.25) is 0 Å². The Kier molecular flexibility index (Phi) is 6.75. The fourth-order valence-electron chi connectivity index (χ4n) is 1.72. The van der Waals surface area contributed by atoms with Gasteiger partial charge in [0, 0.05) is 12.1 Å². The quantitative estimate of drug-likeness (QED) is 0.402. The molecule has 0 fully saturated rings. The zero-order valence-corrected chi connectivity index (χ0v) is 13.6. The average molecular weight is 380 g/mol. The van der Waals surface area contributed by atoms with Gasteiger partial charge in [-0.05, 0) is 24.3 Å². The van der Waals surface area contributed by atoms with Crippen LogP contribution in [0, 0.1) is 20.2 Å². The van der Waals surface area contributed by atoms with Crippen LogP contribution in [0.4, 0.5) is 11.4 Å². The summed E-state index contributed by atoms with van der Waals surface area (Å²) in [7, 11) is 1.17. The van der Waals surface area contributed by atoms with Crippen LogP contribution in [0.1, 0.15) is 20.7 Å². The first-order valence-corrected chi connectivity index (χ1v) is 6.85. The van der Waals surface area contributed by atoms with E-state index in [0.717, 1.165) is 30.3 Å². The van der Waals surface area contributed by atoms with Gasteiger partial charge < -0.3 is 20.1 Å². The fourth-order valence-corrected chi connectivity index (χ4v) is 1.72. The SMILES string of the molecule is COC(=O)c1ccc(O)c([N+](=O)[O-])c1.O=C(O)c1ccc(O)c([N+](=O)[O-])c1. The van der Waals surface area contributed by atoms with E-state index in [0.29, 0.717) is 0 Å². The summed E-state index contributed by atoms with van der Waals surface area (Å²) >= 11 is 0. The summed E-state index contributed by atoms with van der Waals surface area (Å²) in [5.74, 6) is -2.99. The monoisotopic (exact) mass is 380 g/mol. The molecule has 2 aromatic rings. The molecule has 0 bridgehead atoms. The Morgan fingerprint density at radius 2 is 1.30 bits per heavy atom. The number of carboxylic acid groups (broad SMARTS) is 1. The number of aromatic hydroxyl groups is 2. The number of carbonyl (C=O) groups is 2. The van der Waals surface area contributed by atoms with Gasteiger partial charge in [-0.2, -0.15) is 0 Å². The normalized spacial score (nSPS) is 9.52. The molecule has 12 heteroatoms. The Balaban J connectivity index is 0.000000271. The molecule has 0 aromatic heterocycles. The van der Waals surface area contributed by atoms with Crippen molar-refractivity contribution in [1.82, 2.24) is 0 Å². The second-order valence-electron chi connectivity index (χ2n) is 4.72. The van der Waals surface area contributed by atoms with Crippen LogP contribution in [0.15, 0.2) is 36.4 Å². The van der Waals surface area contributed by atoms with Crippen LogP contribution in [-0.4, -0.2) is 44.2 Å². The molecular weight excluding hydrogens is 368 g/mol. The molecular formula is C15H12N2O10. The molecule has 0 saturated carbocycles. The number of benzene rings is 2. The summed E-state index contributed by atoms with van der Waals surface area (Å²) in [5, 5.41) is 47.1. The number of hydrogen-bond acceptors (Lipinski definition) is 9. The lowest BCUT2D eigenvalue weighted by molar-refractivity contribution is -0.386. The van der Waals surface area contributed by atoms with Crippen molar-refractivity contribution in [2.45, 2.75) is 0 Å². The minimum Gasteiger partial charge on any atom is -0.502 e. The van der Waals surface area contributed by atoms with Crippen molar-refractivity contribution in [3.63, 3.8) is 0 Å². The number of phenolic OH excluding ortho intramolecular Hbond substituents is 2. The summed E-state index contributed by atoms with van der Waals surface area (Å²) in [6.07, 6.45) is 0. The lowest BCUT2D eigenvalue weighted by Gasteiger charge is -1.99. The van der Waals surface area contributed by atoms with Gasteiger partial charge in [-0.25, -0.2) is 9.59 Å². The summed E-state index contributed by atoms with van der Waals surface area (Å²) in [6, 6.07) is 6.14. The highest BCUT2D eigenvalue weighted by molar-refractivity contribution is 5.90. The molecule has 27 heavy (non-hydrogen) atoms. The molecule has 2 aromatic carbocycles. The number of ether oxygens (including phenoxy) is 1. The van der Waals surface area contributed by atoms with E-state index in [2.05, 4.69) is 4.74 Å². The fraction of sp³-hybridized carbons (Fsp3) is 0.0667. The van der Waals surface area contributed by atoms with Crippen molar-refractivity contribution in [3.8, 4) is 11.5 Å². The highest BCUT2D eigenvalue weighted by Gasteiger charge is 2.17. The minimum absolute atomic E-state index is 0.0250. The number of hydrogen-bond donors (Lipinski definition) is 3. The van der Waals surface area contributed by atoms with Crippen LogP contribution in [0.3, 0.4) is 0 Å². The number of carboxylic acids is 1. The highest BCUT2D eigenvalue weighted by atomic mass is 16.6. The molecule has 0 spiro atoms. The highest BCUT2D eigenvalue weighted by Crippen LogP contribution is 2.27. The first-order chi connectivity index (χ1) is 12.6. The maximum Gasteiger partial charge on any atom is 0.338 e. The second-order valence-corrected chi connectivity index (χ2v) is 4.72. The van der Waals surface area contributed by atoms with Crippen molar-refractivity contribution >= 4 is 23.3 Å². The lowest BCUT2D eigenvalue weighted by atomic mass is 10.2. The molecule has 0 aliphatic rings. The molecule has 0 saturated heterocycles. The van der Waals surface area contributed by atoms with Crippen LogP contribution in [0.5, 0.6) is 11.5 Å². The van der Waals surface area contributed by atoms with Gasteiger partial charge in [0.15, 0.2) is 11.5 Å². The second kappa shape index (κ2) is 8.75. The third-order valence-corrected chi connectivity index (χ3v) is 3.01. The molecule has 0 radical (unpaired) electrons. The molecule has 0 atom stereocenters. The van der Waals surface area contributed by atoms with Crippen molar-refractivity contribution in [3.05, 3.63) is 67.8 Å². The number of nitro benzene ring substituents is 2. The lowest BCUT2D eigenvalue weighted by Crippen LogP contribution is -2.01. The Morgan fingerprint density at radius 3 is 1.67 bits per heavy atom. The van der Waals surface area contributed by atoms with E-state index in [1.54, 1.807) is 0 Å². The Bertz CT molecular complexity index is 909. The zero-order valence-electron chi connectivity index (χ0n) is 13.6. The smallest absolute Gasteiger partial charge is 0.338 e. The number of carbonyl (C=O) groups excluding carboxylic acids is 1. The van der Waals surface area contributed by atoms with E-state index in [4.69, 9.17) is 15.3 Å². The van der Waals surface area contributed by atoms with E-state index in [9.17, 15) is 29.8 Å². The van der Waals surface area contributed by atoms with Crippen LogP contribution < -0.4 is 0 Å². The zero-order chi connectivity index (χ0) is 20.7. The number of nitrogens with zero attached hydrogens (tertiary/aromatic N) is 2. The third-order valence-electron chi connectivity index (χ3n) is 3.01. The number of phenols is 2. The van der Waals surface area contributed by atoms with Gasteiger partial charge in [0.05, 0.1) is 28.1 Å². The average Bonchev–Trinajstić information content (AvgIpc) is 2.61. The van der Waals surface area contributed by atoms with Crippen molar-refractivity contribution in [2.24, 2.45) is 0 Å². The largest absolute Gasteiger partial charge is 0.502 e. The van der Waals surface area contributed by atoms with Gasteiger partial charge in [-0.1, -0.05) is 0 Å². The molecule has 0 unspecified atom stereocenters. The summed E-state index contributed by atoms with van der Waals surface area (Å²) in [4.78, 5) is 40.4. The number of methoxy groups -OCH3 is 1. The Hall–Kier alpha value is -4.22. The van der Waals surface area contributed by atoms with Crippen molar-refractivity contribution in [2.75, 3.05) is 7.11 Å². The molecule has 0 heterocycles. The molecule has 12 nitrogen and oxygen atoms in total. The van der Waals surface area contributed by atoms with Crippen LogP contribution in [-0.2, 0) is 4.74 Å². The van der Waals surface area contributed by atoms with Gasteiger partial charge in [-0.15, -0.1) is 0 Å². The molecule has 0 aliphatic heterocycles. The van der Waals surface area contributed by atoms with Crippen molar-refractivity contribution < 1.29 is 39.5 Å². The minimum atomic E-state index is -1.27. The van der Waals surface area contributed by atoms with Gasteiger partial charge >= 0.3 is 23.3 Å². The number of esters is 1. The number of nitro groups is 2. The summed E-state index contributed by atoms with van der Waals surface area (Å²) < 4.78 is 4.37. The first-order valence-electron chi connectivity index (χ1n) is 6.85. The van der Waals surface area contributed by atoms with E-state index in [1.807, 2.05) is 0 Å². The Morgan fingerprint density at radius 1 is 0.889 bits per heavy atom. The standard InChI is InChI=1S/C8H7NO5.C7H5NO5/c1-14-8(11)5-2-3-7(10)6(4-5)9(12)13;9-6-2-1-4(7(10)11)3-5(6)8(12)13/h2-4,10H,1H3;1-3,9H,(H,10,11). The van der Waals surface area contributed by atoms with Crippen LogP contribution in [0.2, 0.25) is 0 Å². The van der Waals surface area contributed by atoms with Crippen LogP contribution >= 0.6 is 0 Å². The first kappa shape index (κ1) is 20.8. The summed E-state index contributed by atoms with van der Waals surface area (Å²) in [6.45, 7) is 0. The van der Waals surface area contributed by atoms with Crippen LogP contribution in [0.25, 0.3) is 0 Å². The maximum absolute atomic E-state index is 11.0. The molecule has 2 rings (SSSR count). The van der Waals surface area contributed by atoms with Gasteiger partial charge in [0.1, 0.15) is 0 Å². The maximum atomic E-state index is 11.0. The topological polar surface area (TPSA) is 190 Å². The molecule has 3 N–H and O–H groups in total. The Labute approximate surface area is 150 Å². The van der Waals surface area contributed by atoms with E-state index >= 15 is 0 Å². The predicted octanol–water partition coefficient (Wildman–Crippen LogP) is 2.09. The molecule has 0 aliphatic carbocycles. The molecule has 142 valence electrons. The van der Waals surface area contributed by atoms with E-state index in [1.165, 1.54) is 13.2 Å². The number of rotatable bonds is 4. The summed E-state index contributed by atoms with van der Waals surface area (Å²) in [5.41, 5.74) is -1.34. The van der Waals surface area contributed by atoms with E-state index in [-0.39, 0.29) is 11.1 Å². The number of aromatic carboxylic acids is 1. The third kappa shape index (κ3) is 5.38. The van der Waals surface area contributed by atoms with Gasteiger partial charge in [0.25, 0.3) is 0 Å². The predicted molar refractivity (Wildman–Crippen MR) is 87.8 cm³/mol.